The number of thiazole rings is 1. The summed E-state index contributed by atoms with van der Waals surface area (Å²) in [5, 5.41) is 4.89. The molecule has 0 atom stereocenters. The quantitative estimate of drug-likeness (QED) is 0.642. The Bertz CT molecular complexity index is 892. The van der Waals surface area contributed by atoms with Crippen LogP contribution in [0.1, 0.15) is 10.5 Å². The third-order valence-electron chi connectivity index (χ3n) is 3.77. The van der Waals surface area contributed by atoms with E-state index < -0.39 is 0 Å². The summed E-state index contributed by atoms with van der Waals surface area (Å²) in [7, 11) is 7.37. The Morgan fingerprint density at radius 2 is 2.04 bits per heavy atom. The predicted octanol–water partition coefficient (Wildman–Crippen LogP) is 2.67. The fourth-order valence-electron chi connectivity index (χ4n) is 2.44. The number of rotatable bonds is 6. The Balaban J connectivity index is 0.00000243. The van der Waals surface area contributed by atoms with Crippen LogP contribution in [0, 0.1) is 0 Å². The van der Waals surface area contributed by atoms with Crippen molar-refractivity contribution in [3.63, 3.8) is 0 Å². The van der Waals surface area contributed by atoms with E-state index in [9.17, 15) is 4.79 Å². The van der Waals surface area contributed by atoms with Gasteiger partial charge in [0.2, 0.25) is 0 Å². The molecule has 0 radical (unpaired) electrons. The fraction of sp³-hybridized carbons (Fsp3) is 0.353. The number of anilines is 1. The molecule has 9 heteroatoms. The van der Waals surface area contributed by atoms with Crippen LogP contribution in [0.15, 0.2) is 30.5 Å². The zero-order chi connectivity index (χ0) is 18.0. The first-order chi connectivity index (χ1) is 12.0. The summed E-state index contributed by atoms with van der Waals surface area (Å²) in [6.45, 7) is 1.26. The van der Waals surface area contributed by atoms with E-state index in [0.717, 1.165) is 16.8 Å². The van der Waals surface area contributed by atoms with Gasteiger partial charge in [0.05, 0.1) is 11.8 Å². The fourth-order valence-corrected chi connectivity index (χ4v) is 3.45. The van der Waals surface area contributed by atoms with Crippen molar-refractivity contribution < 1.29 is 9.53 Å². The summed E-state index contributed by atoms with van der Waals surface area (Å²) in [6.07, 6.45) is 1.76. The number of likely N-dealkylation sites (N-methyl/N-ethyl adjacent to an activating group) is 1. The summed E-state index contributed by atoms with van der Waals surface area (Å²) in [4.78, 5) is 21.4. The Morgan fingerprint density at radius 3 is 2.65 bits per heavy atom. The largest absolute Gasteiger partial charge is 0.494 e. The molecule has 3 rings (SSSR count). The minimum atomic E-state index is -0.152. The Labute approximate surface area is 162 Å². The van der Waals surface area contributed by atoms with Gasteiger partial charge in [0, 0.05) is 26.3 Å². The average Bonchev–Trinajstić information content (AvgIpc) is 3.20. The van der Waals surface area contributed by atoms with Crippen LogP contribution in [0.25, 0.3) is 10.2 Å². The van der Waals surface area contributed by atoms with E-state index in [-0.39, 0.29) is 18.3 Å². The van der Waals surface area contributed by atoms with E-state index in [0.29, 0.717) is 23.1 Å². The first-order valence-electron chi connectivity index (χ1n) is 7.89. The Hall–Kier alpha value is -2.16. The van der Waals surface area contributed by atoms with Crippen molar-refractivity contribution in [2.45, 2.75) is 0 Å². The van der Waals surface area contributed by atoms with Crippen LogP contribution in [-0.2, 0) is 7.05 Å². The SMILES string of the molecule is COc1cccc2sc(N(CCN(C)C)C(=O)c3ccn(C)n3)nc12.Cl. The van der Waals surface area contributed by atoms with E-state index in [1.165, 1.54) is 11.3 Å². The molecule has 3 aromatic rings. The minimum absolute atomic E-state index is 0. The van der Waals surface area contributed by atoms with Crippen molar-refractivity contribution in [3.8, 4) is 5.75 Å². The van der Waals surface area contributed by atoms with Crippen molar-refractivity contribution >= 4 is 45.0 Å². The summed E-state index contributed by atoms with van der Waals surface area (Å²) < 4.78 is 7.99. The Kier molecular flexibility index (Phi) is 6.57. The highest BCUT2D eigenvalue weighted by Crippen LogP contribution is 2.34. The lowest BCUT2D eigenvalue weighted by Crippen LogP contribution is -2.37. The highest BCUT2D eigenvalue weighted by Gasteiger charge is 2.23. The number of ether oxygens (including phenoxy) is 1. The zero-order valence-corrected chi connectivity index (χ0v) is 16.8. The van der Waals surface area contributed by atoms with Crippen LogP contribution in [0.3, 0.4) is 0 Å². The highest BCUT2D eigenvalue weighted by molar-refractivity contribution is 7.22. The molecule has 0 aliphatic heterocycles. The smallest absolute Gasteiger partial charge is 0.280 e. The second-order valence-electron chi connectivity index (χ2n) is 5.94. The number of carbonyl (C=O) groups is 1. The van der Waals surface area contributed by atoms with Crippen molar-refractivity contribution in [2.24, 2.45) is 7.05 Å². The maximum absolute atomic E-state index is 13.0. The van der Waals surface area contributed by atoms with Crippen LogP contribution in [0.5, 0.6) is 5.75 Å². The standard InChI is InChI=1S/C17H21N5O2S.ClH/c1-20(2)10-11-22(16(23)12-8-9-21(3)19-12)17-18-15-13(24-4)6-5-7-14(15)25-17;/h5-9H,10-11H2,1-4H3;1H. The van der Waals surface area contributed by atoms with E-state index in [1.54, 1.807) is 36.0 Å². The van der Waals surface area contributed by atoms with Gasteiger partial charge in [0.25, 0.3) is 5.91 Å². The van der Waals surface area contributed by atoms with Crippen molar-refractivity contribution in [1.29, 1.82) is 0 Å². The van der Waals surface area contributed by atoms with E-state index in [2.05, 4.69) is 10.1 Å². The normalized spacial score (nSPS) is 10.8. The molecule has 0 unspecified atom stereocenters. The van der Waals surface area contributed by atoms with Gasteiger partial charge in [0.1, 0.15) is 11.3 Å². The lowest BCUT2D eigenvalue weighted by Gasteiger charge is -2.21. The van der Waals surface area contributed by atoms with Gasteiger partial charge in [-0.15, -0.1) is 12.4 Å². The molecule has 140 valence electrons. The molecule has 1 aromatic carbocycles. The number of benzene rings is 1. The van der Waals surface area contributed by atoms with E-state index in [1.807, 2.05) is 37.2 Å². The lowest BCUT2D eigenvalue weighted by molar-refractivity contribution is 0.0979. The maximum Gasteiger partial charge on any atom is 0.280 e. The molecule has 0 N–H and O–H groups in total. The molecule has 0 aliphatic rings. The van der Waals surface area contributed by atoms with Gasteiger partial charge in [-0.1, -0.05) is 17.4 Å². The first-order valence-corrected chi connectivity index (χ1v) is 8.71. The molecule has 0 bridgehead atoms. The number of fused-ring (bicyclic) bond motifs is 1. The molecular formula is C17H22ClN5O2S. The van der Waals surface area contributed by atoms with Crippen LogP contribution in [0.2, 0.25) is 0 Å². The van der Waals surface area contributed by atoms with E-state index in [4.69, 9.17) is 4.74 Å². The average molecular weight is 396 g/mol. The van der Waals surface area contributed by atoms with Crippen molar-refractivity contribution in [3.05, 3.63) is 36.2 Å². The molecule has 2 heterocycles. The summed E-state index contributed by atoms with van der Waals surface area (Å²) in [5.41, 5.74) is 1.18. The van der Waals surface area contributed by atoms with Gasteiger partial charge in [-0.3, -0.25) is 14.4 Å². The number of methoxy groups -OCH3 is 1. The van der Waals surface area contributed by atoms with Gasteiger partial charge >= 0.3 is 0 Å². The van der Waals surface area contributed by atoms with Crippen LogP contribution in [0.4, 0.5) is 5.13 Å². The molecule has 7 nitrogen and oxygen atoms in total. The number of hydrogen-bond acceptors (Lipinski definition) is 6. The number of hydrogen-bond donors (Lipinski definition) is 0. The monoisotopic (exact) mass is 395 g/mol. The Morgan fingerprint density at radius 1 is 1.27 bits per heavy atom. The van der Waals surface area contributed by atoms with Crippen LogP contribution < -0.4 is 9.64 Å². The van der Waals surface area contributed by atoms with E-state index >= 15 is 0 Å². The van der Waals surface area contributed by atoms with Crippen LogP contribution in [-0.4, -0.2) is 59.9 Å². The molecule has 26 heavy (non-hydrogen) atoms. The molecule has 0 spiro atoms. The minimum Gasteiger partial charge on any atom is -0.494 e. The van der Waals surface area contributed by atoms with Crippen LogP contribution >= 0.6 is 23.7 Å². The first kappa shape index (κ1) is 20.2. The molecule has 0 fully saturated rings. The predicted molar refractivity (Wildman–Crippen MR) is 107 cm³/mol. The number of aromatic nitrogens is 3. The number of aryl methyl sites for hydroxylation is 1. The summed E-state index contributed by atoms with van der Waals surface area (Å²) in [5.74, 6) is 0.554. The zero-order valence-electron chi connectivity index (χ0n) is 15.2. The van der Waals surface area contributed by atoms with Gasteiger partial charge < -0.3 is 9.64 Å². The maximum atomic E-state index is 13.0. The topological polar surface area (TPSA) is 63.5 Å². The summed E-state index contributed by atoms with van der Waals surface area (Å²) >= 11 is 1.48. The molecule has 1 amide bonds. The number of carbonyl (C=O) groups excluding carboxylic acids is 1. The molecule has 0 saturated heterocycles. The molecule has 0 saturated carbocycles. The third kappa shape index (κ3) is 4.14. The third-order valence-corrected chi connectivity index (χ3v) is 4.81. The number of halogens is 1. The van der Waals surface area contributed by atoms with Crippen molar-refractivity contribution in [2.75, 3.05) is 39.2 Å². The number of nitrogens with zero attached hydrogens (tertiary/aromatic N) is 5. The number of amides is 1. The second-order valence-corrected chi connectivity index (χ2v) is 6.95. The lowest BCUT2D eigenvalue weighted by atomic mass is 10.3. The van der Waals surface area contributed by atoms with Gasteiger partial charge in [-0.05, 0) is 32.3 Å². The van der Waals surface area contributed by atoms with Gasteiger partial charge in [-0.2, -0.15) is 5.10 Å². The molecule has 0 aliphatic carbocycles. The molecular weight excluding hydrogens is 374 g/mol. The number of para-hydroxylation sites is 1. The summed E-state index contributed by atoms with van der Waals surface area (Å²) in [6, 6.07) is 7.50. The van der Waals surface area contributed by atoms with Gasteiger partial charge in [0.15, 0.2) is 10.8 Å². The highest BCUT2D eigenvalue weighted by atomic mass is 35.5. The second kappa shape index (κ2) is 8.48. The van der Waals surface area contributed by atoms with Gasteiger partial charge in [-0.25, -0.2) is 4.98 Å². The van der Waals surface area contributed by atoms with Crippen molar-refractivity contribution in [1.82, 2.24) is 19.7 Å². The molecule has 2 aromatic heterocycles.